The Bertz CT molecular complexity index is 1040. The molecule has 1 aliphatic heterocycles. The number of aryl methyl sites for hydroxylation is 1. The topological polar surface area (TPSA) is 50.2 Å². The second-order valence-corrected chi connectivity index (χ2v) is 6.86. The van der Waals surface area contributed by atoms with Crippen LogP contribution >= 0.6 is 11.6 Å². The lowest BCUT2D eigenvalue weighted by atomic mass is 10.0. The van der Waals surface area contributed by atoms with Gasteiger partial charge in [0.1, 0.15) is 11.6 Å². The van der Waals surface area contributed by atoms with Gasteiger partial charge in [0.25, 0.3) is 0 Å². The van der Waals surface area contributed by atoms with Crippen LogP contribution in [-0.4, -0.2) is 22.7 Å². The number of rotatable bonds is 4. The van der Waals surface area contributed by atoms with Gasteiger partial charge in [0.15, 0.2) is 0 Å². The first kappa shape index (κ1) is 16.7. The first-order valence-corrected chi connectivity index (χ1v) is 8.99. The number of aromatic nitrogens is 2. The average Bonchev–Trinajstić information content (AvgIpc) is 3.16. The highest BCUT2D eigenvalue weighted by molar-refractivity contribution is 6.30. The number of hydrogen-bond donors (Lipinski definition) is 1. The van der Waals surface area contributed by atoms with Crippen LogP contribution in [0.25, 0.3) is 16.5 Å². The zero-order valence-electron chi connectivity index (χ0n) is 14.7. The standard InChI is InChI=1S/C21H19ClN4/c1-13(15-4-3-5-18(22)10-15)24-21-19-11-16(17-8-9-23-12-17)6-7-20(19)25-14(2)26-21/h3-8,10-13H,9H2,1-2H3,(H,24,25,26)/t13-/m1/s1. The Labute approximate surface area is 157 Å². The number of fused-ring (bicyclic) bond motifs is 1. The van der Waals surface area contributed by atoms with Crippen LogP contribution in [0.5, 0.6) is 0 Å². The molecule has 5 heteroatoms. The van der Waals surface area contributed by atoms with Gasteiger partial charge >= 0.3 is 0 Å². The monoisotopic (exact) mass is 362 g/mol. The molecule has 3 aromatic rings. The minimum Gasteiger partial charge on any atom is -0.363 e. The molecule has 0 saturated carbocycles. The zero-order valence-corrected chi connectivity index (χ0v) is 15.5. The summed E-state index contributed by atoms with van der Waals surface area (Å²) in [7, 11) is 0. The molecule has 2 heterocycles. The van der Waals surface area contributed by atoms with Crippen molar-refractivity contribution in [3.63, 3.8) is 0 Å². The van der Waals surface area contributed by atoms with Crippen molar-refractivity contribution in [3.05, 3.63) is 70.5 Å². The van der Waals surface area contributed by atoms with E-state index >= 15 is 0 Å². The van der Waals surface area contributed by atoms with Gasteiger partial charge in [-0.15, -0.1) is 0 Å². The molecule has 130 valence electrons. The van der Waals surface area contributed by atoms with Gasteiger partial charge in [-0.25, -0.2) is 9.97 Å². The predicted octanol–water partition coefficient (Wildman–Crippen LogP) is 5.23. The lowest BCUT2D eigenvalue weighted by Gasteiger charge is -2.17. The Morgan fingerprint density at radius 3 is 2.77 bits per heavy atom. The fraction of sp³-hybridized carbons (Fsp3) is 0.190. The molecule has 1 aliphatic rings. The summed E-state index contributed by atoms with van der Waals surface area (Å²) in [5, 5.41) is 5.26. The Balaban J connectivity index is 1.75. The maximum Gasteiger partial charge on any atom is 0.138 e. The molecule has 1 N–H and O–H groups in total. The molecule has 26 heavy (non-hydrogen) atoms. The van der Waals surface area contributed by atoms with Crippen molar-refractivity contribution in [1.82, 2.24) is 9.97 Å². The molecule has 0 spiro atoms. The van der Waals surface area contributed by atoms with Crippen LogP contribution in [-0.2, 0) is 0 Å². The van der Waals surface area contributed by atoms with Crippen molar-refractivity contribution >= 4 is 40.1 Å². The summed E-state index contributed by atoms with van der Waals surface area (Å²) in [6.07, 6.45) is 4.04. The molecular formula is C21H19ClN4. The van der Waals surface area contributed by atoms with Gasteiger partial charge in [-0.3, -0.25) is 4.99 Å². The molecule has 0 unspecified atom stereocenters. The van der Waals surface area contributed by atoms with Gasteiger partial charge < -0.3 is 5.32 Å². The van der Waals surface area contributed by atoms with E-state index in [1.165, 1.54) is 0 Å². The molecule has 0 fully saturated rings. The van der Waals surface area contributed by atoms with E-state index in [0.29, 0.717) is 0 Å². The Hall–Kier alpha value is -2.72. The first-order valence-electron chi connectivity index (χ1n) is 8.61. The number of nitrogens with zero attached hydrogens (tertiary/aromatic N) is 3. The van der Waals surface area contributed by atoms with Gasteiger partial charge in [-0.05, 0) is 54.8 Å². The summed E-state index contributed by atoms with van der Waals surface area (Å²) in [6.45, 7) is 4.76. The second-order valence-electron chi connectivity index (χ2n) is 6.43. The molecular weight excluding hydrogens is 344 g/mol. The van der Waals surface area contributed by atoms with Gasteiger partial charge in [0.05, 0.1) is 18.1 Å². The number of aliphatic imine (C=N–C) groups is 1. The Morgan fingerprint density at radius 2 is 2.00 bits per heavy atom. The maximum absolute atomic E-state index is 6.13. The third kappa shape index (κ3) is 3.33. The number of anilines is 1. The molecule has 4 nitrogen and oxygen atoms in total. The third-order valence-corrected chi connectivity index (χ3v) is 4.72. The van der Waals surface area contributed by atoms with E-state index in [1.807, 2.05) is 37.4 Å². The SMILES string of the molecule is Cc1nc(N[C@H](C)c2cccc(Cl)c2)c2cc(C3=CCN=C3)ccc2n1. The summed E-state index contributed by atoms with van der Waals surface area (Å²) in [5.74, 6) is 1.57. The molecule has 1 aromatic heterocycles. The van der Waals surface area contributed by atoms with E-state index in [4.69, 9.17) is 11.6 Å². The van der Waals surface area contributed by atoms with Crippen molar-refractivity contribution in [3.8, 4) is 0 Å². The molecule has 0 bridgehead atoms. The highest BCUT2D eigenvalue weighted by Gasteiger charge is 2.13. The van der Waals surface area contributed by atoms with Crippen LogP contribution < -0.4 is 5.32 Å². The van der Waals surface area contributed by atoms with Gasteiger partial charge in [-0.2, -0.15) is 0 Å². The minimum absolute atomic E-state index is 0.0714. The summed E-state index contributed by atoms with van der Waals surface area (Å²) in [4.78, 5) is 13.5. The van der Waals surface area contributed by atoms with Crippen LogP contribution in [0.3, 0.4) is 0 Å². The summed E-state index contributed by atoms with van der Waals surface area (Å²) >= 11 is 6.13. The van der Waals surface area contributed by atoms with Crippen LogP contribution in [0, 0.1) is 6.92 Å². The van der Waals surface area contributed by atoms with Crippen molar-refractivity contribution in [1.29, 1.82) is 0 Å². The van der Waals surface area contributed by atoms with E-state index in [-0.39, 0.29) is 6.04 Å². The fourth-order valence-electron chi connectivity index (χ4n) is 3.15. The van der Waals surface area contributed by atoms with Crippen molar-refractivity contribution in [2.24, 2.45) is 4.99 Å². The molecule has 2 aromatic carbocycles. The van der Waals surface area contributed by atoms with Crippen LogP contribution in [0.2, 0.25) is 5.02 Å². The number of hydrogen-bond acceptors (Lipinski definition) is 4. The van der Waals surface area contributed by atoms with Crippen LogP contribution in [0.4, 0.5) is 5.82 Å². The van der Waals surface area contributed by atoms with E-state index in [2.05, 4.69) is 51.5 Å². The predicted molar refractivity (Wildman–Crippen MR) is 109 cm³/mol. The number of halogens is 1. The lowest BCUT2D eigenvalue weighted by Crippen LogP contribution is -2.09. The number of nitrogens with one attached hydrogen (secondary N) is 1. The molecule has 0 amide bonds. The molecule has 1 atom stereocenters. The highest BCUT2D eigenvalue weighted by atomic mass is 35.5. The van der Waals surface area contributed by atoms with Gasteiger partial charge in [-0.1, -0.05) is 35.9 Å². The largest absolute Gasteiger partial charge is 0.363 e. The zero-order chi connectivity index (χ0) is 18.1. The summed E-state index contributed by atoms with van der Waals surface area (Å²) < 4.78 is 0. The maximum atomic E-state index is 6.13. The van der Waals surface area contributed by atoms with Crippen molar-refractivity contribution in [2.75, 3.05) is 11.9 Å². The lowest BCUT2D eigenvalue weighted by molar-refractivity contribution is 0.872. The molecule has 0 saturated heterocycles. The third-order valence-electron chi connectivity index (χ3n) is 4.49. The van der Waals surface area contributed by atoms with Crippen molar-refractivity contribution in [2.45, 2.75) is 19.9 Å². The summed E-state index contributed by atoms with van der Waals surface area (Å²) in [6, 6.07) is 14.2. The van der Waals surface area contributed by atoms with Gasteiger partial charge in [0.2, 0.25) is 0 Å². The second kappa shape index (κ2) is 6.89. The number of allylic oxidation sites excluding steroid dienone is 1. The minimum atomic E-state index is 0.0714. The van der Waals surface area contributed by atoms with E-state index in [1.54, 1.807) is 0 Å². The average molecular weight is 363 g/mol. The molecule has 4 rings (SSSR count). The van der Waals surface area contributed by atoms with Crippen molar-refractivity contribution < 1.29 is 0 Å². The van der Waals surface area contributed by atoms with Crippen LogP contribution in [0.15, 0.2) is 53.5 Å². The van der Waals surface area contributed by atoms with Gasteiger partial charge in [0, 0.05) is 16.6 Å². The number of benzene rings is 2. The Kier molecular flexibility index (Phi) is 4.43. The smallest absolute Gasteiger partial charge is 0.138 e. The quantitative estimate of drug-likeness (QED) is 0.691. The normalized spacial score (nSPS) is 14.5. The fourth-order valence-corrected chi connectivity index (χ4v) is 3.34. The highest BCUT2D eigenvalue weighted by Crippen LogP contribution is 2.28. The van der Waals surface area contributed by atoms with E-state index in [0.717, 1.165) is 50.8 Å². The molecule has 0 aliphatic carbocycles. The van der Waals surface area contributed by atoms with E-state index < -0.39 is 0 Å². The van der Waals surface area contributed by atoms with Crippen LogP contribution in [0.1, 0.15) is 29.9 Å². The molecule has 0 radical (unpaired) electrons. The first-order chi connectivity index (χ1) is 12.6. The summed E-state index contributed by atoms with van der Waals surface area (Å²) in [5.41, 5.74) is 4.31. The van der Waals surface area contributed by atoms with E-state index in [9.17, 15) is 0 Å². The Morgan fingerprint density at radius 1 is 1.12 bits per heavy atom.